The van der Waals surface area contributed by atoms with Gasteiger partial charge in [0.25, 0.3) is 11.8 Å². The molecule has 0 aliphatic carbocycles. The third-order valence-corrected chi connectivity index (χ3v) is 4.31. The Kier molecular flexibility index (Phi) is 6.09. The SMILES string of the molecule is COc1ccc(C(=O)Nc2ccc(C)c(C(=O)Nc3cccnc3)c2)cc1OC. The van der Waals surface area contributed by atoms with E-state index >= 15 is 0 Å². The Morgan fingerprint density at radius 2 is 1.62 bits per heavy atom. The van der Waals surface area contributed by atoms with Gasteiger partial charge in [0.05, 0.1) is 26.1 Å². The number of nitrogens with one attached hydrogen (secondary N) is 2. The van der Waals surface area contributed by atoms with Crippen molar-refractivity contribution < 1.29 is 19.1 Å². The molecule has 0 bridgehead atoms. The summed E-state index contributed by atoms with van der Waals surface area (Å²) in [4.78, 5) is 29.2. The van der Waals surface area contributed by atoms with Crippen molar-refractivity contribution in [1.29, 1.82) is 0 Å². The van der Waals surface area contributed by atoms with Crippen LogP contribution >= 0.6 is 0 Å². The molecule has 0 unspecified atom stereocenters. The number of benzene rings is 2. The van der Waals surface area contributed by atoms with Crippen molar-refractivity contribution in [2.24, 2.45) is 0 Å². The second-order valence-corrected chi connectivity index (χ2v) is 6.25. The van der Waals surface area contributed by atoms with E-state index in [0.717, 1.165) is 5.56 Å². The first kappa shape index (κ1) is 19.9. The normalized spacial score (nSPS) is 10.2. The number of amides is 2. The van der Waals surface area contributed by atoms with Crippen molar-refractivity contribution in [3.05, 3.63) is 77.6 Å². The number of aromatic nitrogens is 1. The van der Waals surface area contributed by atoms with E-state index in [4.69, 9.17) is 9.47 Å². The number of carbonyl (C=O) groups is 2. The van der Waals surface area contributed by atoms with Crippen molar-refractivity contribution in [3.8, 4) is 11.5 Å². The van der Waals surface area contributed by atoms with Crippen LogP contribution in [-0.2, 0) is 0 Å². The Morgan fingerprint density at radius 3 is 2.31 bits per heavy atom. The van der Waals surface area contributed by atoms with Gasteiger partial charge in [-0.1, -0.05) is 6.07 Å². The van der Waals surface area contributed by atoms with Crippen LogP contribution in [0.2, 0.25) is 0 Å². The van der Waals surface area contributed by atoms with E-state index in [0.29, 0.717) is 34.0 Å². The molecule has 0 atom stereocenters. The third kappa shape index (κ3) is 4.70. The number of hydrogen-bond acceptors (Lipinski definition) is 5. The summed E-state index contributed by atoms with van der Waals surface area (Å²) in [5.41, 5.74) is 2.75. The van der Waals surface area contributed by atoms with Gasteiger partial charge in [-0.3, -0.25) is 14.6 Å². The predicted octanol–water partition coefficient (Wildman–Crippen LogP) is 3.91. The Labute approximate surface area is 168 Å². The average Bonchev–Trinajstić information content (AvgIpc) is 2.75. The Bertz CT molecular complexity index is 1040. The van der Waals surface area contributed by atoms with Crippen molar-refractivity contribution >= 4 is 23.2 Å². The summed E-state index contributed by atoms with van der Waals surface area (Å²) >= 11 is 0. The lowest BCUT2D eigenvalue weighted by molar-refractivity contribution is 0.101. The summed E-state index contributed by atoms with van der Waals surface area (Å²) in [6, 6.07) is 13.6. The molecule has 2 N–H and O–H groups in total. The molecular weight excluding hydrogens is 370 g/mol. The van der Waals surface area contributed by atoms with E-state index in [1.165, 1.54) is 14.2 Å². The highest BCUT2D eigenvalue weighted by Gasteiger charge is 2.14. The number of hydrogen-bond donors (Lipinski definition) is 2. The minimum absolute atomic E-state index is 0.280. The van der Waals surface area contributed by atoms with Gasteiger partial charge in [0.15, 0.2) is 11.5 Å². The molecule has 29 heavy (non-hydrogen) atoms. The number of nitrogens with zero attached hydrogens (tertiary/aromatic N) is 1. The molecular formula is C22H21N3O4. The van der Waals surface area contributed by atoms with Gasteiger partial charge in [-0.2, -0.15) is 0 Å². The molecule has 2 aromatic carbocycles. The minimum Gasteiger partial charge on any atom is -0.493 e. The van der Waals surface area contributed by atoms with Crippen LogP contribution in [0.1, 0.15) is 26.3 Å². The number of anilines is 2. The third-order valence-electron chi connectivity index (χ3n) is 4.31. The molecule has 0 aliphatic heterocycles. The molecule has 148 valence electrons. The summed E-state index contributed by atoms with van der Waals surface area (Å²) in [6.07, 6.45) is 3.20. The molecule has 3 aromatic rings. The molecule has 0 radical (unpaired) electrons. The van der Waals surface area contributed by atoms with E-state index in [-0.39, 0.29) is 11.8 Å². The van der Waals surface area contributed by atoms with Crippen LogP contribution in [0, 0.1) is 6.92 Å². The molecule has 7 heteroatoms. The lowest BCUT2D eigenvalue weighted by Crippen LogP contribution is -2.16. The highest BCUT2D eigenvalue weighted by atomic mass is 16.5. The highest BCUT2D eigenvalue weighted by molar-refractivity contribution is 6.08. The van der Waals surface area contributed by atoms with Gasteiger partial charge in [-0.25, -0.2) is 0 Å². The Balaban J connectivity index is 1.79. The average molecular weight is 391 g/mol. The lowest BCUT2D eigenvalue weighted by Gasteiger charge is -2.12. The second kappa shape index (κ2) is 8.88. The molecule has 0 saturated carbocycles. The zero-order valence-corrected chi connectivity index (χ0v) is 16.4. The van der Waals surface area contributed by atoms with Crippen molar-refractivity contribution in [2.75, 3.05) is 24.9 Å². The first-order chi connectivity index (χ1) is 14.0. The maximum absolute atomic E-state index is 12.6. The number of pyridine rings is 1. The van der Waals surface area contributed by atoms with Crippen LogP contribution in [0.4, 0.5) is 11.4 Å². The van der Waals surface area contributed by atoms with Crippen LogP contribution in [0.3, 0.4) is 0 Å². The van der Waals surface area contributed by atoms with E-state index in [1.54, 1.807) is 60.9 Å². The van der Waals surface area contributed by atoms with Crippen LogP contribution in [0.25, 0.3) is 0 Å². The topological polar surface area (TPSA) is 89.5 Å². The second-order valence-electron chi connectivity index (χ2n) is 6.25. The fourth-order valence-electron chi connectivity index (χ4n) is 2.76. The smallest absolute Gasteiger partial charge is 0.256 e. The lowest BCUT2D eigenvalue weighted by atomic mass is 10.1. The van der Waals surface area contributed by atoms with E-state index in [2.05, 4.69) is 15.6 Å². The Morgan fingerprint density at radius 1 is 0.862 bits per heavy atom. The van der Waals surface area contributed by atoms with Gasteiger partial charge in [-0.05, 0) is 55.0 Å². The quantitative estimate of drug-likeness (QED) is 0.665. The largest absolute Gasteiger partial charge is 0.493 e. The molecule has 3 rings (SSSR count). The first-order valence-electron chi connectivity index (χ1n) is 8.87. The fraction of sp³-hybridized carbons (Fsp3) is 0.136. The van der Waals surface area contributed by atoms with Gasteiger partial charge in [-0.15, -0.1) is 0 Å². The van der Waals surface area contributed by atoms with Gasteiger partial charge in [0.1, 0.15) is 0 Å². The predicted molar refractivity (Wildman–Crippen MR) is 111 cm³/mol. The van der Waals surface area contributed by atoms with Crippen molar-refractivity contribution in [2.45, 2.75) is 6.92 Å². The monoisotopic (exact) mass is 391 g/mol. The first-order valence-corrected chi connectivity index (χ1v) is 8.87. The highest BCUT2D eigenvalue weighted by Crippen LogP contribution is 2.28. The van der Waals surface area contributed by atoms with Crippen LogP contribution < -0.4 is 20.1 Å². The Hall–Kier alpha value is -3.87. The summed E-state index contributed by atoms with van der Waals surface area (Å²) in [7, 11) is 3.04. The molecule has 1 aromatic heterocycles. The zero-order chi connectivity index (χ0) is 20.8. The van der Waals surface area contributed by atoms with Gasteiger partial charge in [0, 0.05) is 23.0 Å². The van der Waals surface area contributed by atoms with E-state index in [1.807, 2.05) is 6.92 Å². The maximum Gasteiger partial charge on any atom is 0.256 e. The van der Waals surface area contributed by atoms with E-state index < -0.39 is 0 Å². The van der Waals surface area contributed by atoms with Crippen LogP contribution in [-0.4, -0.2) is 31.0 Å². The molecule has 0 spiro atoms. The van der Waals surface area contributed by atoms with Crippen LogP contribution in [0.15, 0.2) is 60.9 Å². The zero-order valence-electron chi connectivity index (χ0n) is 16.4. The van der Waals surface area contributed by atoms with E-state index in [9.17, 15) is 9.59 Å². The molecule has 2 amide bonds. The number of carbonyl (C=O) groups excluding carboxylic acids is 2. The summed E-state index contributed by atoms with van der Waals surface area (Å²) < 4.78 is 10.4. The number of methoxy groups -OCH3 is 2. The fourth-order valence-corrected chi connectivity index (χ4v) is 2.76. The number of aryl methyl sites for hydroxylation is 1. The summed E-state index contributed by atoms with van der Waals surface area (Å²) in [5.74, 6) is 0.389. The van der Waals surface area contributed by atoms with Crippen molar-refractivity contribution in [3.63, 3.8) is 0 Å². The van der Waals surface area contributed by atoms with Gasteiger partial charge >= 0.3 is 0 Å². The van der Waals surface area contributed by atoms with Crippen LogP contribution in [0.5, 0.6) is 11.5 Å². The number of rotatable bonds is 6. The van der Waals surface area contributed by atoms with Crippen molar-refractivity contribution in [1.82, 2.24) is 4.98 Å². The molecule has 0 saturated heterocycles. The maximum atomic E-state index is 12.6. The minimum atomic E-state index is -0.326. The number of ether oxygens (including phenoxy) is 2. The molecule has 0 aliphatic rings. The molecule has 0 fully saturated rings. The summed E-state index contributed by atoms with van der Waals surface area (Å²) in [5, 5.41) is 5.60. The molecule has 1 heterocycles. The van der Waals surface area contributed by atoms with Gasteiger partial charge < -0.3 is 20.1 Å². The van der Waals surface area contributed by atoms with Gasteiger partial charge in [0.2, 0.25) is 0 Å². The molecule has 7 nitrogen and oxygen atoms in total. The summed E-state index contributed by atoms with van der Waals surface area (Å²) in [6.45, 7) is 1.83. The standard InChI is InChI=1S/C22H21N3O4/c1-14-6-8-16(12-18(14)22(27)25-17-5-4-10-23-13-17)24-21(26)15-7-9-19(28-2)20(11-15)29-3/h4-13H,1-3H3,(H,24,26)(H,25,27).